The number of aromatic nitrogens is 2. The Kier molecular flexibility index (Phi) is 6.53. The lowest BCUT2D eigenvalue weighted by atomic mass is 10.1. The molecular weight excluding hydrogens is 321 g/mol. The van der Waals surface area contributed by atoms with Crippen molar-refractivity contribution in [2.24, 2.45) is 0 Å². The van der Waals surface area contributed by atoms with Crippen molar-refractivity contribution in [3.05, 3.63) is 47.9 Å². The number of hydrogen-bond donors (Lipinski definition) is 2. The Morgan fingerprint density at radius 1 is 1.04 bits per heavy atom. The van der Waals surface area contributed by atoms with Crippen LogP contribution in [0.3, 0.4) is 0 Å². The average Bonchev–Trinajstić information content (AvgIpc) is 2.65. The molecule has 2 aromatic rings. The van der Waals surface area contributed by atoms with Crippen LogP contribution in [-0.2, 0) is 11.2 Å². The predicted octanol–water partition coefficient (Wildman–Crippen LogP) is 2.01. The Labute approximate surface area is 147 Å². The normalized spacial score (nSPS) is 15.1. The molecule has 0 spiro atoms. The maximum atomic E-state index is 12.9. The summed E-state index contributed by atoms with van der Waals surface area (Å²) in [4.78, 5) is 11.1. The predicted molar refractivity (Wildman–Crippen MR) is 96.4 cm³/mol. The quantitative estimate of drug-likeness (QED) is 0.763. The van der Waals surface area contributed by atoms with E-state index in [1.807, 2.05) is 6.07 Å². The van der Waals surface area contributed by atoms with Crippen LogP contribution in [0.2, 0.25) is 0 Å². The van der Waals surface area contributed by atoms with E-state index in [0.717, 1.165) is 57.2 Å². The molecule has 0 saturated carbocycles. The molecule has 0 radical (unpaired) electrons. The van der Waals surface area contributed by atoms with Gasteiger partial charge < -0.3 is 15.4 Å². The summed E-state index contributed by atoms with van der Waals surface area (Å²) in [5.41, 5.74) is 1.08. The molecule has 25 heavy (non-hydrogen) atoms. The molecule has 0 unspecified atom stereocenters. The second-order valence-corrected chi connectivity index (χ2v) is 5.95. The molecule has 1 aliphatic heterocycles. The second-order valence-electron chi connectivity index (χ2n) is 5.95. The van der Waals surface area contributed by atoms with Crippen molar-refractivity contribution in [2.75, 3.05) is 56.6 Å². The summed E-state index contributed by atoms with van der Waals surface area (Å²) in [6, 6.07) is 8.41. The van der Waals surface area contributed by atoms with Gasteiger partial charge in [0.1, 0.15) is 11.6 Å². The Balaban J connectivity index is 1.40. The van der Waals surface area contributed by atoms with E-state index in [-0.39, 0.29) is 5.82 Å². The number of halogens is 1. The van der Waals surface area contributed by atoms with Crippen LogP contribution < -0.4 is 10.6 Å². The third-order valence-corrected chi connectivity index (χ3v) is 4.10. The molecule has 1 saturated heterocycles. The van der Waals surface area contributed by atoms with Gasteiger partial charge >= 0.3 is 0 Å². The van der Waals surface area contributed by atoms with Crippen LogP contribution in [0.15, 0.2) is 36.5 Å². The standard InChI is InChI=1S/C18H24FN5O/c19-16-3-1-15(2-4-16)5-7-21-18-22-8-6-17(23-18)20-9-10-24-11-13-25-14-12-24/h1-4,6,8H,5,7,9-14H2,(H2,20,21,22,23). The topological polar surface area (TPSA) is 62.3 Å². The smallest absolute Gasteiger partial charge is 0.224 e. The molecule has 1 aliphatic rings. The Morgan fingerprint density at radius 3 is 2.64 bits per heavy atom. The molecule has 0 aliphatic carbocycles. The van der Waals surface area contributed by atoms with Gasteiger partial charge in [-0.05, 0) is 30.2 Å². The number of morpholine rings is 1. The molecular formula is C18H24FN5O. The van der Waals surface area contributed by atoms with Crippen LogP contribution in [0.5, 0.6) is 0 Å². The Morgan fingerprint density at radius 2 is 1.84 bits per heavy atom. The molecule has 1 aromatic carbocycles. The van der Waals surface area contributed by atoms with Crippen LogP contribution in [0, 0.1) is 5.82 Å². The van der Waals surface area contributed by atoms with Gasteiger partial charge in [0.15, 0.2) is 0 Å². The van der Waals surface area contributed by atoms with Crippen molar-refractivity contribution < 1.29 is 9.13 Å². The molecule has 0 atom stereocenters. The number of rotatable bonds is 8. The fourth-order valence-corrected chi connectivity index (χ4v) is 2.68. The van der Waals surface area contributed by atoms with E-state index in [4.69, 9.17) is 4.74 Å². The van der Waals surface area contributed by atoms with Crippen LogP contribution >= 0.6 is 0 Å². The van der Waals surface area contributed by atoms with Gasteiger partial charge in [0, 0.05) is 38.9 Å². The fourth-order valence-electron chi connectivity index (χ4n) is 2.68. The number of nitrogens with one attached hydrogen (secondary N) is 2. The maximum Gasteiger partial charge on any atom is 0.224 e. The number of nitrogens with zero attached hydrogens (tertiary/aromatic N) is 3. The first-order valence-electron chi connectivity index (χ1n) is 8.65. The van der Waals surface area contributed by atoms with Gasteiger partial charge in [-0.25, -0.2) is 9.37 Å². The number of ether oxygens (including phenoxy) is 1. The zero-order chi connectivity index (χ0) is 17.3. The van der Waals surface area contributed by atoms with E-state index in [0.29, 0.717) is 12.5 Å². The highest BCUT2D eigenvalue weighted by Crippen LogP contribution is 2.07. The van der Waals surface area contributed by atoms with Crippen molar-refractivity contribution in [1.82, 2.24) is 14.9 Å². The lowest BCUT2D eigenvalue weighted by Gasteiger charge is -2.26. The number of hydrogen-bond acceptors (Lipinski definition) is 6. The molecule has 2 N–H and O–H groups in total. The van der Waals surface area contributed by atoms with Crippen molar-refractivity contribution in [3.8, 4) is 0 Å². The third-order valence-electron chi connectivity index (χ3n) is 4.10. The second kappa shape index (κ2) is 9.29. The summed E-state index contributed by atoms with van der Waals surface area (Å²) in [6.45, 7) is 6.12. The highest BCUT2D eigenvalue weighted by atomic mass is 19.1. The highest BCUT2D eigenvalue weighted by Gasteiger charge is 2.09. The molecule has 1 fully saturated rings. The average molecular weight is 345 g/mol. The SMILES string of the molecule is Fc1ccc(CCNc2nccc(NCCN3CCOCC3)n2)cc1. The van der Waals surface area contributed by atoms with Crippen LogP contribution in [0.4, 0.5) is 16.2 Å². The molecule has 0 bridgehead atoms. The van der Waals surface area contributed by atoms with Gasteiger partial charge in [0.25, 0.3) is 0 Å². The zero-order valence-electron chi connectivity index (χ0n) is 14.2. The lowest BCUT2D eigenvalue weighted by Crippen LogP contribution is -2.39. The van der Waals surface area contributed by atoms with Gasteiger partial charge in [-0.2, -0.15) is 4.98 Å². The van der Waals surface area contributed by atoms with Gasteiger partial charge in [0.2, 0.25) is 5.95 Å². The van der Waals surface area contributed by atoms with Gasteiger partial charge in [-0.3, -0.25) is 4.90 Å². The third kappa shape index (κ3) is 5.95. The van der Waals surface area contributed by atoms with E-state index < -0.39 is 0 Å². The molecule has 2 heterocycles. The minimum absolute atomic E-state index is 0.212. The molecule has 1 aromatic heterocycles. The summed E-state index contributed by atoms with van der Waals surface area (Å²) in [5.74, 6) is 1.20. The maximum absolute atomic E-state index is 12.9. The molecule has 7 heteroatoms. The lowest BCUT2D eigenvalue weighted by molar-refractivity contribution is 0.0398. The van der Waals surface area contributed by atoms with Crippen molar-refractivity contribution in [3.63, 3.8) is 0 Å². The van der Waals surface area contributed by atoms with Gasteiger partial charge in [-0.1, -0.05) is 12.1 Å². The fraction of sp³-hybridized carbons (Fsp3) is 0.444. The summed E-state index contributed by atoms with van der Waals surface area (Å²) in [6.07, 6.45) is 2.53. The molecule has 0 amide bonds. The zero-order valence-corrected chi connectivity index (χ0v) is 14.2. The Bertz CT molecular complexity index is 646. The summed E-state index contributed by atoms with van der Waals surface area (Å²) in [7, 11) is 0. The summed E-state index contributed by atoms with van der Waals surface area (Å²) in [5, 5.41) is 6.54. The minimum atomic E-state index is -0.212. The van der Waals surface area contributed by atoms with E-state index in [1.54, 1.807) is 18.3 Å². The first-order chi connectivity index (χ1) is 12.3. The molecule has 6 nitrogen and oxygen atoms in total. The van der Waals surface area contributed by atoms with Crippen molar-refractivity contribution >= 4 is 11.8 Å². The van der Waals surface area contributed by atoms with Crippen molar-refractivity contribution in [1.29, 1.82) is 0 Å². The van der Waals surface area contributed by atoms with Gasteiger partial charge in [-0.15, -0.1) is 0 Å². The first kappa shape index (κ1) is 17.6. The van der Waals surface area contributed by atoms with Crippen LogP contribution in [0.1, 0.15) is 5.56 Å². The van der Waals surface area contributed by atoms with Gasteiger partial charge in [0.05, 0.1) is 13.2 Å². The van der Waals surface area contributed by atoms with Crippen molar-refractivity contribution in [2.45, 2.75) is 6.42 Å². The van der Waals surface area contributed by atoms with E-state index in [2.05, 4.69) is 25.5 Å². The number of anilines is 2. The highest BCUT2D eigenvalue weighted by molar-refractivity contribution is 5.39. The van der Waals surface area contributed by atoms with Crippen LogP contribution in [0.25, 0.3) is 0 Å². The van der Waals surface area contributed by atoms with E-state index in [1.165, 1.54) is 12.1 Å². The minimum Gasteiger partial charge on any atom is -0.379 e. The molecule has 134 valence electrons. The summed E-state index contributed by atoms with van der Waals surface area (Å²) >= 11 is 0. The largest absolute Gasteiger partial charge is 0.379 e. The first-order valence-corrected chi connectivity index (χ1v) is 8.65. The Hall–Kier alpha value is -2.25. The van der Waals surface area contributed by atoms with E-state index in [9.17, 15) is 4.39 Å². The van der Waals surface area contributed by atoms with E-state index >= 15 is 0 Å². The number of benzene rings is 1. The van der Waals surface area contributed by atoms with Crippen LogP contribution in [-0.4, -0.2) is 60.8 Å². The monoisotopic (exact) mass is 345 g/mol. The molecule has 3 rings (SSSR count). The summed E-state index contributed by atoms with van der Waals surface area (Å²) < 4.78 is 18.2.